The molecule has 1 aromatic carbocycles. The van der Waals surface area contributed by atoms with Crippen molar-refractivity contribution < 1.29 is 17.8 Å². The van der Waals surface area contributed by atoms with Gasteiger partial charge in [-0.2, -0.15) is 13.7 Å². The molecule has 1 aromatic rings. The fourth-order valence-corrected chi connectivity index (χ4v) is 2.92. The van der Waals surface area contributed by atoms with Gasteiger partial charge in [0.1, 0.15) is 11.6 Å². The van der Waals surface area contributed by atoms with Crippen molar-refractivity contribution in [2.24, 2.45) is 0 Å². The van der Waals surface area contributed by atoms with E-state index in [1.165, 1.54) is 24.3 Å². The zero-order chi connectivity index (χ0) is 18.4. The van der Waals surface area contributed by atoms with Crippen LogP contribution < -0.4 is 5.32 Å². The number of piperazine rings is 1. The Morgan fingerprint density at radius 3 is 2.36 bits per heavy atom. The second kappa shape index (κ2) is 8.11. The highest BCUT2D eigenvalue weighted by atomic mass is 32.2. The molecule has 0 saturated carbocycles. The van der Waals surface area contributed by atoms with Crippen LogP contribution in [-0.2, 0) is 14.9 Å². The number of nitriles is 1. The van der Waals surface area contributed by atoms with Crippen molar-refractivity contribution >= 4 is 21.7 Å². The molecule has 1 fully saturated rings. The first-order valence-corrected chi connectivity index (χ1v) is 9.24. The molecule has 2 rings (SSSR count). The van der Waals surface area contributed by atoms with E-state index in [-0.39, 0.29) is 10.5 Å². The maximum Gasteiger partial charge on any atom is 0.294 e. The van der Waals surface area contributed by atoms with E-state index in [0.717, 1.165) is 32.7 Å². The number of hydrogen-bond donors (Lipinski definition) is 2. The number of nitrogens with zero attached hydrogens (tertiary/aromatic N) is 3. The Kier molecular flexibility index (Phi) is 6.14. The number of rotatable bonds is 5. The van der Waals surface area contributed by atoms with Crippen LogP contribution in [0.2, 0.25) is 0 Å². The number of amides is 1. The van der Waals surface area contributed by atoms with E-state index in [2.05, 4.69) is 17.1 Å². The first-order chi connectivity index (χ1) is 11.8. The molecule has 1 aliphatic rings. The summed E-state index contributed by atoms with van der Waals surface area (Å²) >= 11 is 0. The van der Waals surface area contributed by atoms with Gasteiger partial charge in [0.2, 0.25) is 0 Å². The minimum absolute atomic E-state index is 0.0243. The number of hydrogen-bond acceptors (Lipinski definition) is 6. The van der Waals surface area contributed by atoms with E-state index in [1.807, 2.05) is 11.0 Å². The molecular formula is C16H20N4O4S. The summed E-state index contributed by atoms with van der Waals surface area (Å²) in [4.78, 5) is 16.2. The van der Waals surface area contributed by atoms with Crippen molar-refractivity contribution in [1.82, 2.24) is 9.80 Å². The molecular weight excluding hydrogens is 344 g/mol. The second-order valence-electron chi connectivity index (χ2n) is 5.58. The highest BCUT2D eigenvalue weighted by Crippen LogP contribution is 2.15. The first kappa shape index (κ1) is 18.9. The van der Waals surface area contributed by atoms with E-state index in [4.69, 9.17) is 4.55 Å². The van der Waals surface area contributed by atoms with Gasteiger partial charge in [0.15, 0.2) is 0 Å². The Morgan fingerprint density at radius 2 is 1.88 bits per heavy atom. The molecule has 8 nitrogen and oxygen atoms in total. The average Bonchev–Trinajstić information content (AvgIpc) is 2.59. The lowest BCUT2D eigenvalue weighted by atomic mass is 10.2. The fourth-order valence-electron chi connectivity index (χ4n) is 2.44. The van der Waals surface area contributed by atoms with Crippen LogP contribution >= 0.6 is 0 Å². The van der Waals surface area contributed by atoms with Gasteiger partial charge in [-0.25, -0.2) is 0 Å². The van der Waals surface area contributed by atoms with Gasteiger partial charge in [0.25, 0.3) is 16.0 Å². The largest absolute Gasteiger partial charge is 0.374 e. The van der Waals surface area contributed by atoms with Gasteiger partial charge >= 0.3 is 0 Å². The molecule has 25 heavy (non-hydrogen) atoms. The van der Waals surface area contributed by atoms with Crippen molar-refractivity contribution in [2.45, 2.75) is 11.8 Å². The van der Waals surface area contributed by atoms with Gasteiger partial charge in [-0.15, -0.1) is 0 Å². The Bertz CT molecular complexity index is 788. The summed E-state index contributed by atoms with van der Waals surface area (Å²) in [6, 6.07) is 6.92. The predicted molar refractivity (Wildman–Crippen MR) is 92.3 cm³/mol. The van der Waals surface area contributed by atoms with Crippen LogP contribution in [0.25, 0.3) is 0 Å². The molecule has 0 spiro atoms. The number of likely N-dealkylation sites (N-methyl/N-ethyl adjacent to an activating group) is 1. The Balaban J connectivity index is 2.03. The maximum atomic E-state index is 12.2. The standard InChI is InChI=1S/C16H20N4O4S/c1-2-19-7-9-20(10-8-19)12-13(11-17)16(21)18-14-3-5-15(6-4-14)25(22,23)24/h3-6,12H,2,7-10H2,1H3,(H,18,21)(H,22,23,24)/b13-12-. The van der Waals surface area contributed by atoms with Gasteiger partial charge in [0.05, 0.1) is 4.90 Å². The molecule has 0 unspecified atom stereocenters. The van der Waals surface area contributed by atoms with E-state index in [1.54, 1.807) is 6.20 Å². The van der Waals surface area contributed by atoms with Gasteiger partial charge in [-0.3, -0.25) is 9.35 Å². The molecule has 134 valence electrons. The lowest BCUT2D eigenvalue weighted by Gasteiger charge is -2.33. The van der Waals surface area contributed by atoms with E-state index < -0.39 is 16.0 Å². The predicted octanol–water partition coefficient (Wildman–Crippen LogP) is 0.917. The minimum atomic E-state index is -4.28. The van der Waals surface area contributed by atoms with Crippen LogP contribution in [0, 0.1) is 11.3 Å². The Morgan fingerprint density at radius 1 is 1.28 bits per heavy atom. The normalized spacial score (nSPS) is 16.4. The minimum Gasteiger partial charge on any atom is -0.374 e. The third-order valence-electron chi connectivity index (χ3n) is 3.94. The van der Waals surface area contributed by atoms with Crippen molar-refractivity contribution in [2.75, 3.05) is 38.0 Å². The fraction of sp³-hybridized carbons (Fsp3) is 0.375. The summed E-state index contributed by atoms with van der Waals surface area (Å²) in [5.74, 6) is -0.569. The smallest absolute Gasteiger partial charge is 0.294 e. The molecule has 0 aromatic heterocycles. The van der Waals surface area contributed by atoms with Crippen molar-refractivity contribution in [3.8, 4) is 6.07 Å². The summed E-state index contributed by atoms with van der Waals surface area (Å²) < 4.78 is 30.9. The monoisotopic (exact) mass is 364 g/mol. The summed E-state index contributed by atoms with van der Waals surface area (Å²) in [5, 5.41) is 11.8. The van der Waals surface area contributed by atoms with Crippen molar-refractivity contribution in [3.63, 3.8) is 0 Å². The third kappa shape index (κ3) is 5.29. The molecule has 9 heteroatoms. The van der Waals surface area contributed by atoms with Crippen LogP contribution in [0.4, 0.5) is 5.69 Å². The molecule has 1 amide bonds. The van der Waals surface area contributed by atoms with Gasteiger partial charge < -0.3 is 15.1 Å². The number of benzene rings is 1. The maximum absolute atomic E-state index is 12.2. The SMILES string of the molecule is CCN1CCN(/C=C(/C#N)C(=O)Nc2ccc(S(=O)(=O)O)cc2)CC1. The summed E-state index contributed by atoms with van der Waals surface area (Å²) in [6.07, 6.45) is 1.55. The number of carbonyl (C=O) groups is 1. The molecule has 0 aliphatic carbocycles. The van der Waals surface area contributed by atoms with Gasteiger partial charge in [0, 0.05) is 38.1 Å². The number of carbonyl (C=O) groups excluding carboxylic acids is 1. The Hall–Kier alpha value is -2.41. The molecule has 1 saturated heterocycles. The Labute approximate surface area is 147 Å². The van der Waals surface area contributed by atoms with Crippen LogP contribution in [0.5, 0.6) is 0 Å². The molecule has 0 bridgehead atoms. The third-order valence-corrected chi connectivity index (χ3v) is 4.81. The average molecular weight is 364 g/mol. The van der Waals surface area contributed by atoms with Crippen molar-refractivity contribution in [3.05, 3.63) is 36.0 Å². The molecule has 1 heterocycles. The molecule has 2 N–H and O–H groups in total. The summed E-state index contributed by atoms with van der Waals surface area (Å²) in [6.45, 7) is 6.31. The van der Waals surface area contributed by atoms with E-state index >= 15 is 0 Å². The quantitative estimate of drug-likeness (QED) is 0.453. The first-order valence-electron chi connectivity index (χ1n) is 7.80. The zero-order valence-corrected chi connectivity index (χ0v) is 14.7. The van der Waals surface area contributed by atoms with E-state index in [0.29, 0.717) is 5.69 Å². The molecule has 0 atom stereocenters. The highest BCUT2D eigenvalue weighted by Gasteiger charge is 2.16. The summed E-state index contributed by atoms with van der Waals surface area (Å²) in [7, 11) is -4.28. The number of anilines is 1. The second-order valence-corrected chi connectivity index (χ2v) is 7.00. The number of nitrogens with one attached hydrogen (secondary N) is 1. The molecule has 0 radical (unpaired) electrons. The van der Waals surface area contributed by atoms with E-state index in [9.17, 15) is 18.5 Å². The topological polar surface area (TPSA) is 114 Å². The van der Waals surface area contributed by atoms with Gasteiger partial charge in [-0.1, -0.05) is 6.92 Å². The summed E-state index contributed by atoms with van der Waals surface area (Å²) in [5.41, 5.74) is 0.304. The van der Waals surface area contributed by atoms with Gasteiger partial charge in [-0.05, 0) is 30.8 Å². The lowest BCUT2D eigenvalue weighted by Crippen LogP contribution is -2.44. The molecule has 1 aliphatic heterocycles. The van der Waals surface area contributed by atoms with Crippen molar-refractivity contribution in [1.29, 1.82) is 5.26 Å². The van der Waals surface area contributed by atoms with Crippen LogP contribution in [0.15, 0.2) is 40.9 Å². The van der Waals surface area contributed by atoms with Crippen LogP contribution in [-0.4, -0.2) is 61.4 Å². The lowest BCUT2D eigenvalue weighted by molar-refractivity contribution is -0.112. The van der Waals surface area contributed by atoms with Crippen LogP contribution in [0.1, 0.15) is 6.92 Å². The van der Waals surface area contributed by atoms with Crippen LogP contribution in [0.3, 0.4) is 0 Å². The highest BCUT2D eigenvalue weighted by molar-refractivity contribution is 7.85. The zero-order valence-electron chi connectivity index (χ0n) is 13.8.